The van der Waals surface area contributed by atoms with Crippen molar-refractivity contribution in [3.8, 4) is 6.07 Å². The van der Waals surface area contributed by atoms with Crippen LogP contribution >= 0.6 is 0 Å². The largest absolute Gasteiger partial charge is 0.394 e. The van der Waals surface area contributed by atoms with Crippen LogP contribution < -0.4 is 11.2 Å². The molecule has 0 saturated heterocycles. The molecular weight excluding hydrogens is 142 g/mol. The molecule has 0 unspecified atom stereocenters. The summed E-state index contributed by atoms with van der Waals surface area (Å²) in [7, 11) is 0. The second-order valence-electron chi connectivity index (χ2n) is 2.09. The molecule has 0 aliphatic heterocycles. The lowest BCUT2D eigenvalue weighted by Crippen LogP contribution is -2.10. The lowest BCUT2D eigenvalue weighted by Gasteiger charge is -1.99. The molecule has 4 heteroatoms. The fourth-order valence-corrected chi connectivity index (χ4v) is 0.725. The van der Waals surface area contributed by atoms with E-state index in [1.165, 1.54) is 18.5 Å². The minimum absolute atomic E-state index is 0.169. The highest BCUT2D eigenvalue weighted by atomic mass is 16.1. The third-order valence-electron chi connectivity index (χ3n) is 1.26. The normalized spacial score (nSPS) is 9.00. The minimum Gasteiger partial charge on any atom is -0.394 e. The first-order valence-corrected chi connectivity index (χ1v) is 3.06. The first-order valence-electron chi connectivity index (χ1n) is 3.06. The summed E-state index contributed by atoms with van der Waals surface area (Å²) in [6.07, 6.45) is 2.98. The van der Waals surface area contributed by atoms with E-state index in [1.54, 1.807) is 4.57 Å². The molecular formula is C7H7N3O. The van der Waals surface area contributed by atoms with Gasteiger partial charge in [-0.05, 0) is 0 Å². The maximum absolute atomic E-state index is 10.8. The lowest BCUT2D eigenvalue weighted by molar-refractivity contribution is 0.823. The van der Waals surface area contributed by atoms with Crippen molar-refractivity contribution in [1.29, 1.82) is 5.26 Å². The molecule has 0 aromatic carbocycles. The average molecular weight is 149 g/mol. The van der Waals surface area contributed by atoms with Crippen molar-refractivity contribution in [3.63, 3.8) is 0 Å². The number of aromatic nitrogens is 1. The van der Waals surface area contributed by atoms with Crippen LogP contribution in [0.3, 0.4) is 0 Å². The van der Waals surface area contributed by atoms with Gasteiger partial charge >= 0.3 is 0 Å². The highest BCUT2D eigenvalue weighted by molar-refractivity contribution is 5.33. The highest BCUT2D eigenvalue weighted by Gasteiger charge is 1.92. The van der Waals surface area contributed by atoms with Gasteiger partial charge in [0.1, 0.15) is 6.54 Å². The summed E-state index contributed by atoms with van der Waals surface area (Å²) in [6, 6.07) is 3.28. The van der Waals surface area contributed by atoms with Gasteiger partial charge < -0.3 is 10.3 Å². The molecule has 1 rings (SSSR count). The van der Waals surface area contributed by atoms with Gasteiger partial charge in [-0.15, -0.1) is 0 Å². The van der Waals surface area contributed by atoms with Gasteiger partial charge in [-0.25, -0.2) is 0 Å². The number of nitrogens with zero attached hydrogens (tertiary/aromatic N) is 2. The Bertz CT molecular complexity index is 347. The number of hydrogen-bond donors (Lipinski definition) is 1. The summed E-state index contributed by atoms with van der Waals surface area (Å²) >= 11 is 0. The first kappa shape index (κ1) is 7.35. The van der Waals surface area contributed by atoms with E-state index in [0.717, 1.165) is 0 Å². The van der Waals surface area contributed by atoms with Crippen molar-refractivity contribution >= 4 is 5.69 Å². The number of nitrogens with two attached hydrogens (primary N) is 1. The molecule has 0 fully saturated rings. The molecule has 11 heavy (non-hydrogen) atoms. The molecule has 2 N–H and O–H groups in total. The molecule has 4 nitrogen and oxygen atoms in total. The van der Waals surface area contributed by atoms with Gasteiger partial charge in [0.25, 0.3) is 0 Å². The molecule has 1 aromatic rings. The summed E-state index contributed by atoms with van der Waals surface area (Å²) in [4.78, 5) is 10.8. The molecule has 0 saturated carbocycles. The Kier molecular flexibility index (Phi) is 1.93. The molecule has 0 spiro atoms. The van der Waals surface area contributed by atoms with Crippen LogP contribution in [0.2, 0.25) is 0 Å². The fourth-order valence-electron chi connectivity index (χ4n) is 0.725. The lowest BCUT2D eigenvalue weighted by atomic mass is 10.4. The third kappa shape index (κ3) is 1.58. The van der Waals surface area contributed by atoms with Crippen LogP contribution in [0.25, 0.3) is 0 Å². The average Bonchev–Trinajstić information content (AvgIpc) is 1.98. The van der Waals surface area contributed by atoms with E-state index >= 15 is 0 Å². The second-order valence-corrected chi connectivity index (χ2v) is 2.09. The summed E-state index contributed by atoms with van der Waals surface area (Å²) in [6.45, 7) is 0.213. The SMILES string of the molecule is N#CCn1ccc(=O)c(N)c1. The van der Waals surface area contributed by atoms with Crippen LogP contribution in [0.15, 0.2) is 23.3 Å². The number of hydrogen-bond acceptors (Lipinski definition) is 3. The topological polar surface area (TPSA) is 71.8 Å². The number of pyridine rings is 1. The summed E-state index contributed by atoms with van der Waals surface area (Å²) in [5, 5.41) is 8.29. The third-order valence-corrected chi connectivity index (χ3v) is 1.26. The van der Waals surface area contributed by atoms with E-state index in [2.05, 4.69) is 0 Å². The smallest absolute Gasteiger partial charge is 0.204 e. The summed E-state index contributed by atoms with van der Waals surface area (Å²) < 4.78 is 1.55. The van der Waals surface area contributed by atoms with Crippen LogP contribution in [0.1, 0.15) is 0 Å². The van der Waals surface area contributed by atoms with E-state index in [-0.39, 0.29) is 17.7 Å². The fraction of sp³-hybridized carbons (Fsp3) is 0.143. The zero-order chi connectivity index (χ0) is 8.27. The van der Waals surface area contributed by atoms with Crippen LogP contribution in [0, 0.1) is 11.3 Å². The van der Waals surface area contributed by atoms with Crippen molar-refractivity contribution in [2.24, 2.45) is 0 Å². The standard InChI is InChI=1S/C7H7N3O/c8-2-4-10-3-1-7(11)6(9)5-10/h1,3,5H,4,9H2. The molecule has 0 aliphatic rings. The van der Waals surface area contributed by atoms with Crippen molar-refractivity contribution in [2.45, 2.75) is 6.54 Å². The Hall–Kier alpha value is -1.76. The maximum Gasteiger partial charge on any atom is 0.204 e. The molecule has 0 radical (unpaired) electrons. The first-order chi connectivity index (χ1) is 5.24. The molecule has 56 valence electrons. The van der Waals surface area contributed by atoms with Crippen LogP contribution in [-0.4, -0.2) is 4.57 Å². The van der Waals surface area contributed by atoms with E-state index in [4.69, 9.17) is 11.0 Å². The number of rotatable bonds is 1. The molecule has 1 heterocycles. The Balaban J connectivity index is 3.07. The molecule has 0 amide bonds. The number of nitrogen functional groups attached to an aromatic ring is 1. The Labute approximate surface area is 63.5 Å². The Morgan fingerprint density at radius 1 is 1.73 bits per heavy atom. The van der Waals surface area contributed by atoms with Crippen LogP contribution in [-0.2, 0) is 6.54 Å². The predicted molar refractivity (Wildman–Crippen MR) is 40.7 cm³/mol. The van der Waals surface area contributed by atoms with Crippen LogP contribution in [0.4, 0.5) is 5.69 Å². The molecule has 1 aromatic heterocycles. The minimum atomic E-state index is -0.209. The van der Waals surface area contributed by atoms with Gasteiger partial charge in [0.05, 0.1) is 11.8 Å². The predicted octanol–water partition coefficient (Wildman–Crippen LogP) is -0.0459. The summed E-state index contributed by atoms with van der Waals surface area (Å²) in [5.74, 6) is 0. The zero-order valence-electron chi connectivity index (χ0n) is 5.82. The van der Waals surface area contributed by atoms with Crippen LogP contribution in [0.5, 0.6) is 0 Å². The number of anilines is 1. The Morgan fingerprint density at radius 2 is 2.45 bits per heavy atom. The van der Waals surface area contributed by atoms with Crippen molar-refractivity contribution < 1.29 is 0 Å². The monoisotopic (exact) mass is 149 g/mol. The summed E-state index contributed by atoms with van der Waals surface area (Å²) in [5.41, 5.74) is 5.27. The second kappa shape index (κ2) is 2.88. The Morgan fingerprint density at radius 3 is 3.00 bits per heavy atom. The van der Waals surface area contributed by atoms with Gasteiger partial charge in [-0.1, -0.05) is 0 Å². The van der Waals surface area contributed by atoms with E-state index < -0.39 is 0 Å². The van der Waals surface area contributed by atoms with Gasteiger partial charge in [0.15, 0.2) is 0 Å². The maximum atomic E-state index is 10.8. The zero-order valence-corrected chi connectivity index (χ0v) is 5.82. The van der Waals surface area contributed by atoms with E-state index in [0.29, 0.717) is 0 Å². The van der Waals surface area contributed by atoms with Gasteiger partial charge in [-0.2, -0.15) is 5.26 Å². The molecule has 0 bridgehead atoms. The van der Waals surface area contributed by atoms with Crippen molar-refractivity contribution in [3.05, 3.63) is 28.7 Å². The quantitative estimate of drug-likeness (QED) is 0.608. The van der Waals surface area contributed by atoms with Gasteiger partial charge in [0.2, 0.25) is 5.43 Å². The van der Waals surface area contributed by atoms with Gasteiger partial charge in [0, 0.05) is 18.5 Å². The molecule has 0 aliphatic carbocycles. The molecule has 0 atom stereocenters. The van der Waals surface area contributed by atoms with Crippen molar-refractivity contribution in [2.75, 3.05) is 5.73 Å². The van der Waals surface area contributed by atoms with E-state index in [9.17, 15) is 4.79 Å². The van der Waals surface area contributed by atoms with E-state index in [1.807, 2.05) is 6.07 Å². The highest BCUT2D eigenvalue weighted by Crippen LogP contribution is 1.91. The van der Waals surface area contributed by atoms with Crippen molar-refractivity contribution in [1.82, 2.24) is 4.57 Å². The van der Waals surface area contributed by atoms with Gasteiger partial charge in [-0.3, -0.25) is 4.79 Å². The number of nitriles is 1.